The lowest BCUT2D eigenvalue weighted by atomic mass is 10.1. The molecule has 0 saturated heterocycles. The second-order valence-corrected chi connectivity index (χ2v) is 4.68. The topological polar surface area (TPSA) is 75.1 Å². The third-order valence-electron chi connectivity index (χ3n) is 3.21. The van der Waals surface area contributed by atoms with E-state index in [0.717, 1.165) is 4.68 Å². The molecule has 6 nitrogen and oxygen atoms in total. The van der Waals surface area contributed by atoms with Gasteiger partial charge < -0.3 is 15.1 Å². The monoisotopic (exact) mass is 318 g/mol. The second-order valence-electron chi connectivity index (χ2n) is 4.68. The van der Waals surface area contributed by atoms with Crippen molar-refractivity contribution in [3.63, 3.8) is 0 Å². The summed E-state index contributed by atoms with van der Waals surface area (Å²) in [4.78, 5) is 16.0. The first-order valence-corrected chi connectivity index (χ1v) is 6.60. The molecule has 0 unspecified atom stereocenters. The van der Waals surface area contributed by atoms with Crippen molar-refractivity contribution in [1.82, 2.24) is 14.2 Å². The van der Waals surface area contributed by atoms with Gasteiger partial charge in [-0.1, -0.05) is 12.1 Å². The van der Waals surface area contributed by atoms with E-state index < -0.39 is 12.2 Å². The summed E-state index contributed by atoms with van der Waals surface area (Å²) < 4.78 is 31.6. The quantitative estimate of drug-likeness (QED) is 0.747. The molecule has 2 N–H and O–H groups in total. The molecule has 0 bridgehead atoms. The minimum atomic E-state index is -2.93. The van der Waals surface area contributed by atoms with Gasteiger partial charge >= 0.3 is 6.61 Å². The van der Waals surface area contributed by atoms with Gasteiger partial charge in [-0.25, -0.2) is 9.66 Å². The number of nitrogens with two attached hydrogens (primary N) is 1. The molecule has 0 aliphatic rings. The summed E-state index contributed by atoms with van der Waals surface area (Å²) in [7, 11) is 0. The minimum absolute atomic E-state index is 0.0158. The van der Waals surface area contributed by atoms with E-state index in [4.69, 9.17) is 5.84 Å². The Morgan fingerprint density at radius 2 is 2.04 bits per heavy atom. The van der Waals surface area contributed by atoms with Crippen LogP contribution in [0.15, 0.2) is 59.9 Å². The predicted molar refractivity (Wildman–Crippen MR) is 80.0 cm³/mol. The molecule has 0 radical (unpaired) electrons. The first-order chi connectivity index (χ1) is 11.0. The summed E-state index contributed by atoms with van der Waals surface area (Å²) in [5, 5.41) is 0. The normalized spacial score (nSPS) is 10.9. The van der Waals surface area contributed by atoms with Crippen molar-refractivity contribution in [1.29, 1.82) is 0 Å². The smallest absolute Gasteiger partial charge is 0.387 e. The lowest BCUT2D eigenvalue weighted by Crippen LogP contribution is -2.28. The van der Waals surface area contributed by atoms with Gasteiger partial charge in [0.25, 0.3) is 5.56 Å². The van der Waals surface area contributed by atoms with Crippen LogP contribution in [0, 0.1) is 0 Å². The van der Waals surface area contributed by atoms with E-state index in [1.165, 1.54) is 24.5 Å². The molecule has 0 aliphatic heterocycles. The van der Waals surface area contributed by atoms with Crippen LogP contribution in [0.1, 0.15) is 0 Å². The molecular weight excluding hydrogens is 306 g/mol. The highest BCUT2D eigenvalue weighted by atomic mass is 19.3. The van der Waals surface area contributed by atoms with E-state index in [0.29, 0.717) is 16.9 Å². The molecule has 3 rings (SSSR count). The molecule has 118 valence electrons. The molecule has 0 aliphatic carbocycles. The van der Waals surface area contributed by atoms with Crippen LogP contribution in [0.4, 0.5) is 8.78 Å². The second kappa shape index (κ2) is 5.91. The number of nitrogens with zero attached hydrogens (tertiary/aromatic N) is 3. The van der Waals surface area contributed by atoms with Crippen LogP contribution in [-0.4, -0.2) is 20.8 Å². The highest BCUT2D eigenvalue weighted by molar-refractivity contribution is 5.64. The van der Waals surface area contributed by atoms with Crippen molar-refractivity contribution < 1.29 is 13.5 Å². The van der Waals surface area contributed by atoms with Gasteiger partial charge in [-0.05, 0) is 18.2 Å². The fraction of sp³-hybridized carbons (Fsp3) is 0.0667. The summed E-state index contributed by atoms with van der Waals surface area (Å²) in [5.74, 6) is 5.76. The standard InChI is InChI=1S/C15H12F2N4O2/c16-15(17)23-12-3-1-2-10(6-12)13-7-11(8-14(22)21(13)18)20-5-4-19-9-20/h1-9,15H,18H2. The molecule has 23 heavy (non-hydrogen) atoms. The van der Waals surface area contributed by atoms with Gasteiger partial charge in [-0.3, -0.25) is 4.79 Å². The van der Waals surface area contributed by atoms with Crippen molar-refractivity contribution in [2.45, 2.75) is 6.61 Å². The van der Waals surface area contributed by atoms with E-state index in [1.807, 2.05) is 0 Å². The largest absolute Gasteiger partial charge is 0.435 e. The summed E-state index contributed by atoms with van der Waals surface area (Å²) in [6.07, 6.45) is 4.79. The Balaban J connectivity index is 2.11. The van der Waals surface area contributed by atoms with Crippen LogP contribution in [0.3, 0.4) is 0 Å². The average molecular weight is 318 g/mol. The van der Waals surface area contributed by atoms with Gasteiger partial charge in [-0.2, -0.15) is 8.78 Å². The maximum atomic E-state index is 12.3. The van der Waals surface area contributed by atoms with Crippen molar-refractivity contribution >= 4 is 0 Å². The Morgan fingerprint density at radius 1 is 1.22 bits per heavy atom. The van der Waals surface area contributed by atoms with Crippen LogP contribution in [-0.2, 0) is 0 Å². The molecule has 0 saturated carbocycles. The lowest BCUT2D eigenvalue weighted by Gasteiger charge is -2.12. The summed E-state index contributed by atoms with van der Waals surface area (Å²) in [5.41, 5.74) is 0.960. The molecule has 0 amide bonds. The van der Waals surface area contributed by atoms with Gasteiger partial charge in [0, 0.05) is 24.0 Å². The van der Waals surface area contributed by atoms with Gasteiger partial charge in [0.05, 0.1) is 17.7 Å². The first-order valence-electron chi connectivity index (χ1n) is 6.60. The van der Waals surface area contributed by atoms with E-state index >= 15 is 0 Å². The number of hydrogen-bond donors (Lipinski definition) is 1. The SMILES string of the molecule is Nn1c(-c2cccc(OC(F)F)c2)cc(-n2ccnc2)cc1=O. The van der Waals surface area contributed by atoms with E-state index in [2.05, 4.69) is 9.72 Å². The number of ether oxygens (including phenoxy) is 1. The van der Waals surface area contributed by atoms with Crippen LogP contribution in [0.5, 0.6) is 5.75 Å². The molecule has 8 heteroatoms. The van der Waals surface area contributed by atoms with Crippen molar-refractivity contribution in [2.75, 3.05) is 5.84 Å². The number of hydrogen-bond acceptors (Lipinski definition) is 4. The van der Waals surface area contributed by atoms with E-state index in [-0.39, 0.29) is 5.75 Å². The van der Waals surface area contributed by atoms with Gasteiger partial charge in [0.1, 0.15) is 5.75 Å². The highest BCUT2D eigenvalue weighted by Crippen LogP contribution is 2.24. The molecule has 0 fully saturated rings. The summed E-state index contributed by atoms with van der Waals surface area (Å²) in [6, 6.07) is 8.99. The predicted octanol–water partition coefficient (Wildman–Crippen LogP) is 2.02. The summed E-state index contributed by atoms with van der Waals surface area (Å²) in [6.45, 7) is -2.93. The molecule has 2 aromatic heterocycles. The lowest BCUT2D eigenvalue weighted by molar-refractivity contribution is -0.0498. The Kier molecular flexibility index (Phi) is 3.80. The van der Waals surface area contributed by atoms with E-state index in [9.17, 15) is 13.6 Å². The molecule has 3 aromatic rings. The number of pyridine rings is 1. The maximum absolute atomic E-state index is 12.3. The van der Waals surface area contributed by atoms with Crippen molar-refractivity contribution in [2.24, 2.45) is 0 Å². The Labute approximate surface area is 129 Å². The van der Waals surface area contributed by atoms with Crippen LogP contribution < -0.4 is 16.1 Å². The number of nitrogen functional groups attached to an aromatic ring is 1. The fourth-order valence-corrected chi connectivity index (χ4v) is 2.18. The number of benzene rings is 1. The van der Waals surface area contributed by atoms with Crippen LogP contribution in [0.25, 0.3) is 16.9 Å². The third-order valence-corrected chi connectivity index (χ3v) is 3.21. The zero-order chi connectivity index (χ0) is 16.4. The Hall–Kier alpha value is -3.16. The minimum Gasteiger partial charge on any atom is -0.435 e. The Morgan fingerprint density at radius 3 is 2.74 bits per heavy atom. The van der Waals surface area contributed by atoms with Gasteiger partial charge in [0.15, 0.2) is 0 Å². The van der Waals surface area contributed by atoms with Crippen LogP contribution >= 0.6 is 0 Å². The van der Waals surface area contributed by atoms with Gasteiger partial charge in [-0.15, -0.1) is 0 Å². The highest BCUT2D eigenvalue weighted by Gasteiger charge is 2.11. The maximum Gasteiger partial charge on any atom is 0.387 e. The number of halogens is 2. The van der Waals surface area contributed by atoms with Gasteiger partial charge in [0.2, 0.25) is 0 Å². The number of alkyl halides is 2. The average Bonchev–Trinajstić information content (AvgIpc) is 3.04. The fourth-order valence-electron chi connectivity index (χ4n) is 2.18. The summed E-state index contributed by atoms with van der Waals surface area (Å²) >= 11 is 0. The number of rotatable bonds is 4. The molecule has 0 atom stereocenters. The van der Waals surface area contributed by atoms with Crippen molar-refractivity contribution in [3.8, 4) is 22.7 Å². The number of imidazole rings is 1. The van der Waals surface area contributed by atoms with E-state index in [1.54, 1.807) is 35.2 Å². The molecule has 2 heterocycles. The molecule has 1 aromatic carbocycles. The zero-order valence-corrected chi connectivity index (χ0v) is 11.8. The number of aromatic nitrogens is 3. The Bertz CT molecular complexity index is 875. The third kappa shape index (κ3) is 3.05. The molecular formula is C15H12F2N4O2. The molecule has 0 spiro atoms. The zero-order valence-electron chi connectivity index (χ0n) is 11.8. The first kappa shape index (κ1) is 14.8. The van der Waals surface area contributed by atoms with Crippen molar-refractivity contribution in [3.05, 3.63) is 65.5 Å². The van der Waals surface area contributed by atoms with Crippen LogP contribution in [0.2, 0.25) is 0 Å².